The SMILES string of the molecule is Cc1nc2cc(N3CCCC3)ccc2c(=O)n1-c1ccc(NC(=O)NS(=O)(=O)c2ccc(Cl)s2)cn1. The number of rotatable bonds is 5. The number of amides is 2. The van der Waals surface area contributed by atoms with E-state index in [1.807, 2.05) is 16.9 Å². The molecule has 0 bridgehead atoms. The van der Waals surface area contributed by atoms with E-state index in [0.717, 1.165) is 43.0 Å². The van der Waals surface area contributed by atoms with Crippen molar-refractivity contribution < 1.29 is 13.2 Å². The number of hydrogen-bond acceptors (Lipinski definition) is 8. The summed E-state index contributed by atoms with van der Waals surface area (Å²) in [5.74, 6) is 0.792. The van der Waals surface area contributed by atoms with Gasteiger partial charge in [-0.25, -0.2) is 32.5 Å². The zero-order valence-corrected chi connectivity index (χ0v) is 21.5. The first-order valence-electron chi connectivity index (χ1n) is 11.1. The number of nitrogens with one attached hydrogen (secondary N) is 2. The van der Waals surface area contributed by atoms with Crippen molar-refractivity contribution in [3.63, 3.8) is 0 Å². The van der Waals surface area contributed by atoms with Gasteiger partial charge in [-0.15, -0.1) is 11.3 Å². The summed E-state index contributed by atoms with van der Waals surface area (Å²) >= 11 is 6.61. The summed E-state index contributed by atoms with van der Waals surface area (Å²) in [5, 5.41) is 2.89. The Kier molecular flexibility index (Phi) is 6.41. The van der Waals surface area contributed by atoms with Gasteiger partial charge < -0.3 is 10.2 Å². The monoisotopic (exact) mass is 544 g/mol. The third-order valence-corrected chi connectivity index (χ3v) is 8.82. The number of fused-ring (bicyclic) bond motifs is 1. The quantitative estimate of drug-likeness (QED) is 0.390. The molecule has 5 rings (SSSR count). The van der Waals surface area contributed by atoms with Crippen LogP contribution in [0.5, 0.6) is 0 Å². The van der Waals surface area contributed by atoms with Crippen molar-refractivity contribution in [2.24, 2.45) is 0 Å². The second-order valence-corrected chi connectivity index (χ2v) is 11.8. The fourth-order valence-corrected chi connectivity index (χ4v) is 6.48. The Morgan fingerprint density at radius 3 is 2.56 bits per heavy atom. The van der Waals surface area contributed by atoms with Crippen LogP contribution in [0, 0.1) is 6.92 Å². The van der Waals surface area contributed by atoms with E-state index >= 15 is 0 Å². The first-order valence-corrected chi connectivity index (χ1v) is 13.7. The van der Waals surface area contributed by atoms with E-state index in [4.69, 9.17) is 11.6 Å². The molecule has 2 N–H and O–H groups in total. The minimum Gasteiger partial charge on any atom is -0.371 e. The van der Waals surface area contributed by atoms with E-state index in [9.17, 15) is 18.0 Å². The summed E-state index contributed by atoms with van der Waals surface area (Å²) in [4.78, 5) is 36.7. The number of carbonyl (C=O) groups excluding carboxylic acids is 1. The largest absolute Gasteiger partial charge is 0.371 e. The Balaban J connectivity index is 1.35. The van der Waals surface area contributed by atoms with E-state index in [0.29, 0.717) is 22.5 Å². The number of sulfonamides is 1. The van der Waals surface area contributed by atoms with Crippen molar-refractivity contribution in [1.29, 1.82) is 0 Å². The van der Waals surface area contributed by atoms with Crippen LogP contribution in [-0.4, -0.2) is 42.1 Å². The molecule has 4 aromatic rings. The minimum absolute atomic E-state index is 0.0812. The van der Waals surface area contributed by atoms with E-state index in [2.05, 4.69) is 20.2 Å². The van der Waals surface area contributed by atoms with Crippen molar-refractivity contribution >= 4 is 61.3 Å². The Morgan fingerprint density at radius 1 is 1.11 bits per heavy atom. The third-order valence-electron chi connectivity index (χ3n) is 5.77. The molecule has 0 radical (unpaired) electrons. The number of urea groups is 1. The molecule has 3 aromatic heterocycles. The zero-order chi connectivity index (χ0) is 25.4. The topological polar surface area (TPSA) is 126 Å². The van der Waals surface area contributed by atoms with Crippen LogP contribution in [0.2, 0.25) is 4.34 Å². The molecule has 0 spiro atoms. The molecule has 0 aliphatic carbocycles. The summed E-state index contributed by atoms with van der Waals surface area (Å²) < 4.78 is 28.1. The van der Waals surface area contributed by atoms with E-state index in [1.54, 1.807) is 19.1 Å². The molecule has 1 aliphatic heterocycles. The maximum absolute atomic E-state index is 13.3. The summed E-state index contributed by atoms with van der Waals surface area (Å²) in [6.45, 7) is 3.72. The van der Waals surface area contributed by atoms with Gasteiger partial charge in [0.2, 0.25) is 0 Å². The number of carbonyl (C=O) groups is 1. The van der Waals surface area contributed by atoms with E-state index < -0.39 is 16.1 Å². The van der Waals surface area contributed by atoms with Gasteiger partial charge in [-0.1, -0.05) is 11.6 Å². The number of pyridine rings is 1. The Hall–Kier alpha value is -3.48. The Labute approximate surface area is 215 Å². The lowest BCUT2D eigenvalue weighted by Gasteiger charge is -2.18. The summed E-state index contributed by atoms with van der Waals surface area (Å²) in [6.07, 6.45) is 3.64. The number of aromatic nitrogens is 3. The van der Waals surface area contributed by atoms with Crippen LogP contribution in [0.3, 0.4) is 0 Å². The maximum atomic E-state index is 13.3. The highest BCUT2D eigenvalue weighted by atomic mass is 35.5. The number of nitrogens with zero attached hydrogens (tertiary/aromatic N) is 4. The van der Waals surface area contributed by atoms with E-state index in [-0.39, 0.29) is 19.8 Å². The normalized spacial score (nSPS) is 13.8. The van der Waals surface area contributed by atoms with Gasteiger partial charge in [0.05, 0.1) is 27.1 Å². The lowest BCUT2D eigenvalue weighted by molar-refractivity contribution is 0.256. The van der Waals surface area contributed by atoms with Gasteiger partial charge in [0.1, 0.15) is 15.9 Å². The highest BCUT2D eigenvalue weighted by Gasteiger charge is 2.20. The van der Waals surface area contributed by atoms with E-state index in [1.165, 1.54) is 29.0 Å². The second kappa shape index (κ2) is 9.52. The molecular weight excluding hydrogens is 524 g/mol. The van der Waals surface area contributed by atoms with Crippen LogP contribution in [0.25, 0.3) is 16.7 Å². The second-order valence-electron chi connectivity index (χ2n) is 8.22. The van der Waals surface area contributed by atoms with Crippen LogP contribution in [0.15, 0.2) is 57.7 Å². The van der Waals surface area contributed by atoms with Gasteiger partial charge in [-0.2, -0.15) is 0 Å². The molecule has 186 valence electrons. The van der Waals surface area contributed by atoms with Gasteiger partial charge in [0.25, 0.3) is 15.6 Å². The van der Waals surface area contributed by atoms with Crippen molar-refractivity contribution in [3.8, 4) is 5.82 Å². The minimum atomic E-state index is -4.06. The number of anilines is 2. The first-order chi connectivity index (χ1) is 17.2. The Bertz CT molecular complexity index is 1630. The number of aryl methyl sites for hydroxylation is 1. The molecule has 0 atom stereocenters. The average molecular weight is 545 g/mol. The van der Waals surface area contributed by atoms with Crippen molar-refractivity contribution in [2.45, 2.75) is 24.0 Å². The molecule has 2 amide bonds. The van der Waals surface area contributed by atoms with Gasteiger partial charge in [0.15, 0.2) is 0 Å². The lowest BCUT2D eigenvalue weighted by Crippen LogP contribution is -2.34. The molecular formula is C23H21ClN6O4S2. The van der Waals surface area contributed by atoms with Crippen LogP contribution in [0.4, 0.5) is 16.2 Å². The summed E-state index contributed by atoms with van der Waals surface area (Å²) in [5.41, 5.74) is 1.67. The molecule has 1 aromatic carbocycles. The number of hydrogen-bond donors (Lipinski definition) is 2. The molecule has 36 heavy (non-hydrogen) atoms. The first kappa shape index (κ1) is 24.2. The van der Waals surface area contributed by atoms with Gasteiger partial charge in [0, 0.05) is 18.8 Å². The predicted octanol–water partition coefficient (Wildman–Crippen LogP) is 3.91. The van der Waals surface area contributed by atoms with Gasteiger partial charge in [-0.05, 0) is 62.2 Å². The Morgan fingerprint density at radius 2 is 1.89 bits per heavy atom. The standard InChI is InChI=1S/C23H21ClN6O4S2/c1-14-26-18-12-16(29-10-2-3-11-29)5-6-17(18)22(31)30(14)20-8-4-15(13-25-20)27-23(32)28-36(33,34)21-9-7-19(24)35-21/h4-9,12-13H,2-3,10-11H2,1H3,(H2,27,28,32). The molecule has 4 heterocycles. The van der Waals surface area contributed by atoms with Gasteiger partial charge >= 0.3 is 6.03 Å². The summed E-state index contributed by atoms with van der Waals surface area (Å²) in [6, 6.07) is 10.5. The fraction of sp³-hybridized carbons (Fsp3) is 0.217. The fourth-order valence-electron chi connectivity index (χ4n) is 4.09. The average Bonchev–Trinajstić information content (AvgIpc) is 3.52. The number of halogens is 1. The molecule has 1 aliphatic rings. The molecule has 0 unspecified atom stereocenters. The van der Waals surface area contributed by atoms with Crippen molar-refractivity contribution in [2.75, 3.05) is 23.3 Å². The number of benzene rings is 1. The molecule has 1 fully saturated rings. The van der Waals surface area contributed by atoms with Gasteiger partial charge in [-0.3, -0.25) is 4.79 Å². The lowest BCUT2D eigenvalue weighted by atomic mass is 10.2. The molecule has 13 heteroatoms. The zero-order valence-electron chi connectivity index (χ0n) is 19.1. The maximum Gasteiger partial charge on any atom is 0.333 e. The third kappa shape index (κ3) is 4.79. The van der Waals surface area contributed by atoms with Crippen LogP contribution >= 0.6 is 22.9 Å². The molecule has 1 saturated heterocycles. The smallest absolute Gasteiger partial charge is 0.333 e. The highest BCUT2D eigenvalue weighted by Crippen LogP contribution is 2.26. The van der Waals surface area contributed by atoms with Crippen LogP contribution in [0.1, 0.15) is 18.7 Å². The molecule has 10 nitrogen and oxygen atoms in total. The number of thiophene rings is 1. The van der Waals surface area contributed by atoms with Crippen LogP contribution in [-0.2, 0) is 10.0 Å². The van der Waals surface area contributed by atoms with Crippen molar-refractivity contribution in [1.82, 2.24) is 19.3 Å². The van der Waals surface area contributed by atoms with Crippen molar-refractivity contribution in [3.05, 3.63) is 69.2 Å². The summed E-state index contributed by atoms with van der Waals surface area (Å²) in [7, 11) is -4.06. The molecule has 0 saturated carbocycles. The van der Waals surface area contributed by atoms with Crippen LogP contribution < -0.4 is 20.5 Å². The predicted molar refractivity (Wildman–Crippen MR) is 140 cm³/mol. The highest BCUT2D eigenvalue weighted by molar-refractivity contribution is 7.92.